The van der Waals surface area contributed by atoms with Crippen molar-refractivity contribution in [1.29, 1.82) is 5.26 Å². The van der Waals surface area contributed by atoms with Crippen molar-refractivity contribution < 1.29 is 9.59 Å². The summed E-state index contributed by atoms with van der Waals surface area (Å²) in [6.07, 6.45) is 5.08. The Hall–Kier alpha value is -4.23. The summed E-state index contributed by atoms with van der Waals surface area (Å²) in [4.78, 5) is 33.5. The first kappa shape index (κ1) is 21.6. The second kappa shape index (κ2) is 8.96. The fourth-order valence-corrected chi connectivity index (χ4v) is 5.14. The van der Waals surface area contributed by atoms with E-state index in [1.807, 2.05) is 41.0 Å². The maximum absolute atomic E-state index is 13.1. The number of carbonyl (C=O) groups excluding carboxylic acids is 2. The van der Waals surface area contributed by atoms with Crippen LogP contribution in [0.1, 0.15) is 28.6 Å². The van der Waals surface area contributed by atoms with Crippen LogP contribution in [-0.4, -0.2) is 49.6 Å². The zero-order chi connectivity index (χ0) is 23.7. The van der Waals surface area contributed by atoms with Crippen molar-refractivity contribution in [2.75, 3.05) is 18.4 Å². The molecule has 4 heterocycles. The van der Waals surface area contributed by atoms with Gasteiger partial charge in [0.1, 0.15) is 11.6 Å². The number of aromatic amines is 1. The zero-order valence-electron chi connectivity index (χ0n) is 18.2. The monoisotopic (exact) mass is 471 g/mol. The van der Waals surface area contributed by atoms with Crippen LogP contribution in [0.2, 0.25) is 0 Å². The van der Waals surface area contributed by atoms with Gasteiger partial charge in [0, 0.05) is 29.7 Å². The molecule has 5 rings (SSSR count). The SMILES string of the molecule is C=C(C#N)C(=O)N1CCCC(n2c(NC(=O)c3ccc(-c4cn[nH]c4)s3)nc3ccccc32)C1. The highest BCUT2D eigenvalue weighted by Crippen LogP contribution is 2.32. The minimum absolute atomic E-state index is 0.0733. The molecule has 1 fully saturated rings. The Morgan fingerprint density at radius 3 is 2.91 bits per heavy atom. The number of nitrogens with one attached hydrogen (secondary N) is 2. The first-order valence-electron chi connectivity index (χ1n) is 10.8. The van der Waals surface area contributed by atoms with E-state index in [1.165, 1.54) is 11.3 Å². The molecule has 3 aromatic heterocycles. The van der Waals surface area contributed by atoms with Crippen molar-refractivity contribution in [2.45, 2.75) is 18.9 Å². The lowest BCUT2D eigenvalue weighted by Gasteiger charge is -2.34. The highest BCUT2D eigenvalue weighted by Gasteiger charge is 2.29. The van der Waals surface area contributed by atoms with Gasteiger partial charge in [0.25, 0.3) is 11.8 Å². The number of aromatic nitrogens is 4. The molecule has 170 valence electrons. The van der Waals surface area contributed by atoms with Crippen LogP contribution < -0.4 is 5.32 Å². The topological polar surface area (TPSA) is 120 Å². The van der Waals surface area contributed by atoms with Crippen LogP contribution in [0.5, 0.6) is 0 Å². The van der Waals surface area contributed by atoms with E-state index in [2.05, 4.69) is 27.1 Å². The summed E-state index contributed by atoms with van der Waals surface area (Å²) in [6, 6.07) is 13.1. The largest absolute Gasteiger partial charge is 0.336 e. The predicted octanol–water partition coefficient (Wildman–Crippen LogP) is 3.98. The number of nitrogens with zero attached hydrogens (tertiary/aromatic N) is 5. The van der Waals surface area contributed by atoms with Crippen molar-refractivity contribution in [3.8, 4) is 16.5 Å². The van der Waals surface area contributed by atoms with Gasteiger partial charge in [0.05, 0.1) is 28.1 Å². The first-order valence-corrected chi connectivity index (χ1v) is 11.6. The van der Waals surface area contributed by atoms with Gasteiger partial charge in [0.15, 0.2) is 0 Å². The van der Waals surface area contributed by atoms with E-state index in [4.69, 9.17) is 5.26 Å². The smallest absolute Gasteiger partial charge is 0.268 e. The second-order valence-corrected chi connectivity index (χ2v) is 9.12. The quantitative estimate of drug-likeness (QED) is 0.337. The van der Waals surface area contributed by atoms with Gasteiger partial charge >= 0.3 is 0 Å². The third kappa shape index (κ3) is 3.97. The van der Waals surface area contributed by atoms with Gasteiger partial charge in [-0.3, -0.25) is 20.0 Å². The number of hydrogen-bond donors (Lipinski definition) is 2. The molecule has 1 aliphatic rings. The number of H-pyrrole nitrogens is 1. The van der Waals surface area contributed by atoms with E-state index in [9.17, 15) is 9.59 Å². The lowest BCUT2D eigenvalue weighted by atomic mass is 10.0. The lowest BCUT2D eigenvalue weighted by Crippen LogP contribution is -2.41. The van der Waals surface area contributed by atoms with Crippen molar-refractivity contribution in [2.24, 2.45) is 0 Å². The molecule has 1 unspecified atom stereocenters. The number of benzene rings is 1. The Balaban J connectivity index is 1.45. The van der Waals surface area contributed by atoms with Crippen LogP contribution in [0.15, 0.2) is 60.9 Å². The standard InChI is InChI=1S/C24H21N7O2S/c1-15(11-25)23(33)30-10-4-5-17(14-30)31-19-7-3-2-6-18(19)28-24(31)29-22(32)21-9-8-20(34-21)16-12-26-27-13-16/h2-3,6-9,12-13,17H,1,4-5,10,14H2,(H,26,27)(H,28,29,32). The summed E-state index contributed by atoms with van der Waals surface area (Å²) in [5, 5.41) is 18.8. The van der Waals surface area contributed by atoms with Gasteiger partial charge in [-0.05, 0) is 37.1 Å². The molecule has 1 aliphatic heterocycles. The predicted molar refractivity (Wildman–Crippen MR) is 129 cm³/mol. The molecule has 0 bridgehead atoms. The lowest BCUT2D eigenvalue weighted by molar-refractivity contribution is -0.128. The molecule has 0 aliphatic carbocycles. The minimum Gasteiger partial charge on any atom is -0.336 e. The number of nitriles is 1. The van der Waals surface area contributed by atoms with Gasteiger partial charge in [-0.15, -0.1) is 11.3 Å². The summed E-state index contributed by atoms with van der Waals surface area (Å²) in [5.74, 6) is -0.173. The van der Waals surface area contributed by atoms with Crippen molar-refractivity contribution in [3.05, 3.63) is 65.8 Å². The molecule has 34 heavy (non-hydrogen) atoms. The van der Waals surface area contributed by atoms with Crippen LogP contribution in [0.25, 0.3) is 21.5 Å². The van der Waals surface area contributed by atoms with E-state index in [0.717, 1.165) is 34.3 Å². The summed E-state index contributed by atoms with van der Waals surface area (Å²) in [7, 11) is 0. The summed E-state index contributed by atoms with van der Waals surface area (Å²) < 4.78 is 1.99. The number of piperidine rings is 1. The maximum atomic E-state index is 13.1. The van der Waals surface area contributed by atoms with Crippen LogP contribution in [-0.2, 0) is 4.79 Å². The molecule has 1 atom stereocenters. The van der Waals surface area contributed by atoms with Crippen molar-refractivity contribution in [1.82, 2.24) is 24.6 Å². The number of fused-ring (bicyclic) bond motifs is 1. The van der Waals surface area contributed by atoms with Crippen molar-refractivity contribution >= 4 is 40.1 Å². The van der Waals surface area contributed by atoms with E-state index < -0.39 is 0 Å². The number of rotatable bonds is 5. The fraction of sp³-hybridized carbons (Fsp3) is 0.208. The Morgan fingerprint density at radius 2 is 2.12 bits per heavy atom. The Morgan fingerprint density at radius 1 is 1.26 bits per heavy atom. The van der Waals surface area contributed by atoms with Crippen molar-refractivity contribution in [3.63, 3.8) is 0 Å². The number of thiophene rings is 1. The first-order chi connectivity index (χ1) is 16.5. The van der Waals surface area contributed by atoms with E-state index >= 15 is 0 Å². The molecule has 0 saturated carbocycles. The highest BCUT2D eigenvalue weighted by molar-refractivity contribution is 7.17. The third-order valence-electron chi connectivity index (χ3n) is 5.88. The molecule has 2 N–H and O–H groups in total. The number of imidazole rings is 1. The molecule has 0 radical (unpaired) electrons. The number of carbonyl (C=O) groups is 2. The molecule has 2 amide bonds. The van der Waals surface area contributed by atoms with Gasteiger partial charge < -0.3 is 9.47 Å². The second-order valence-electron chi connectivity index (χ2n) is 8.04. The van der Waals surface area contributed by atoms with E-state index in [-0.39, 0.29) is 23.4 Å². The van der Waals surface area contributed by atoms with Crippen LogP contribution >= 0.6 is 11.3 Å². The average Bonchev–Trinajstić information content (AvgIpc) is 3.62. The molecule has 1 saturated heterocycles. The van der Waals surface area contributed by atoms with E-state index in [1.54, 1.807) is 23.4 Å². The number of anilines is 1. The average molecular weight is 472 g/mol. The molecular weight excluding hydrogens is 450 g/mol. The van der Waals surface area contributed by atoms with Crippen LogP contribution in [0, 0.1) is 11.3 Å². The van der Waals surface area contributed by atoms with Gasteiger partial charge in [-0.2, -0.15) is 10.4 Å². The molecule has 10 heteroatoms. The molecular formula is C24H21N7O2S. The Labute approximate surface area is 199 Å². The fourth-order valence-electron chi connectivity index (χ4n) is 4.25. The molecule has 1 aromatic carbocycles. The molecule has 0 spiro atoms. The van der Waals surface area contributed by atoms with E-state index in [0.29, 0.717) is 23.9 Å². The zero-order valence-corrected chi connectivity index (χ0v) is 19.0. The minimum atomic E-state index is -0.354. The summed E-state index contributed by atoms with van der Waals surface area (Å²) >= 11 is 1.37. The highest BCUT2D eigenvalue weighted by atomic mass is 32.1. The number of likely N-dealkylation sites (tertiary alicyclic amines) is 1. The van der Waals surface area contributed by atoms with Gasteiger partial charge in [-0.25, -0.2) is 4.98 Å². The normalized spacial score (nSPS) is 15.7. The number of hydrogen-bond acceptors (Lipinski definition) is 6. The maximum Gasteiger partial charge on any atom is 0.268 e. The Kier molecular flexibility index (Phi) is 5.69. The van der Waals surface area contributed by atoms with Crippen LogP contribution in [0.3, 0.4) is 0 Å². The summed E-state index contributed by atoms with van der Waals surface area (Å²) in [5.41, 5.74) is 2.48. The number of amides is 2. The third-order valence-corrected chi connectivity index (χ3v) is 7.01. The molecule has 4 aromatic rings. The summed E-state index contributed by atoms with van der Waals surface area (Å²) in [6.45, 7) is 4.54. The number of para-hydroxylation sites is 2. The van der Waals surface area contributed by atoms with Gasteiger partial charge in [-0.1, -0.05) is 18.7 Å². The van der Waals surface area contributed by atoms with Gasteiger partial charge in [0.2, 0.25) is 5.95 Å². The van der Waals surface area contributed by atoms with Crippen LogP contribution in [0.4, 0.5) is 5.95 Å². The molecule has 9 nitrogen and oxygen atoms in total. The Bertz CT molecular complexity index is 1430.